The molecule has 2 nitrogen and oxygen atoms in total. The highest BCUT2D eigenvalue weighted by Crippen LogP contribution is 2.29. The molecule has 82 valence electrons. The van der Waals surface area contributed by atoms with Crippen molar-refractivity contribution in [2.75, 3.05) is 26.3 Å². The van der Waals surface area contributed by atoms with Crippen LogP contribution in [0.15, 0.2) is 0 Å². The molecule has 0 radical (unpaired) electrons. The van der Waals surface area contributed by atoms with Gasteiger partial charge in [-0.2, -0.15) is 0 Å². The molecule has 1 saturated carbocycles. The topological polar surface area (TPSA) is 12.5 Å². The van der Waals surface area contributed by atoms with Crippen LogP contribution in [0.1, 0.15) is 39.0 Å². The van der Waals surface area contributed by atoms with E-state index in [1.807, 2.05) is 0 Å². The van der Waals surface area contributed by atoms with E-state index in [1.54, 1.807) is 0 Å². The molecule has 0 aromatic rings. The summed E-state index contributed by atoms with van der Waals surface area (Å²) in [6.07, 6.45) is 7.32. The van der Waals surface area contributed by atoms with Crippen molar-refractivity contribution in [2.24, 2.45) is 5.92 Å². The lowest BCUT2D eigenvalue weighted by molar-refractivity contribution is 0.0155. The van der Waals surface area contributed by atoms with Crippen molar-refractivity contribution >= 4 is 0 Å². The minimum atomic E-state index is 0.780. The molecule has 2 fully saturated rings. The van der Waals surface area contributed by atoms with Crippen LogP contribution in [0.2, 0.25) is 0 Å². The van der Waals surface area contributed by atoms with Gasteiger partial charge in [0.2, 0.25) is 0 Å². The summed E-state index contributed by atoms with van der Waals surface area (Å²) in [5.74, 6) is 1.02. The molecule has 0 spiro atoms. The number of morpholine rings is 1. The smallest absolute Gasteiger partial charge is 0.0594 e. The zero-order chi connectivity index (χ0) is 9.80. The normalized spacial score (nSPS) is 28.1. The van der Waals surface area contributed by atoms with Crippen LogP contribution in [0.4, 0.5) is 0 Å². The van der Waals surface area contributed by atoms with Gasteiger partial charge in [-0.15, -0.1) is 0 Å². The second-order valence-corrected chi connectivity index (χ2v) is 4.88. The summed E-state index contributed by atoms with van der Waals surface area (Å²) < 4.78 is 5.38. The fourth-order valence-electron chi connectivity index (χ4n) is 2.90. The molecule has 0 bridgehead atoms. The first-order valence-electron chi connectivity index (χ1n) is 6.18. The predicted molar refractivity (Wildman–Crippen MR) is 58.4 cm³/mol. The van der Waals surface area contributed by atoms with E-state index in [9.17, 15) is 0 Å². The first kappa shape index (κ1) is 10.4. The quantitative estimate of drug-likeness (QED) is 0.688. The van der Waals surface area contributed by atoms with Gasteiger partial charge >= 0.3 is 0 Å². The van der Waals surface area contributed by atoms with Crippen LogP contribution in [0.25, 0.3) is 0 Å². The third kappa shape index (κ3) is 2.71. The van der Waals surface area contributed by atoms with Crippen LogP contribution < -0.4 is 0 Å². The van der Waals surface area contributed by atoms with E-state index >= 15 is 0 Å². The monoisotopic (exact) mass is 197 g/mol. The van der Waals surface area contributed by atoms with Crippen LogP contribution in [0, 0.1) is 5.92 Å². The van der Waals surface area contributed by atoms with Crippen molar-refractivity contribution in [3.05, 3.63) is 0 Å². The summed E-state index contributed by atoms with van der Waals surface area (Å²) in [4.78, 5) is 2.60. The minimum absolute atomic E-state index is 0.780. The largest absolute Gasteiger partial charge is 0.379 e. The molecule has 1 atom stereocenters. The number of rotatable bonds is 3. The second kappa shape index (κ2) is 5.13. The molecule has 14 heavy (non-hydrogen) atoms. The van der Waals surface area contributed by atoms with Crippen LogP contribution in [-0.2, 0) is 4.74 Å². The van der Waals surface area contributed by atoms with Crippen LogP contribution in [-0.4, -0.2) is 37.2 Å². The van der Waals surface area contributed by atoms with Crippen molar-refractivity contribution in [2.45, 2.75) is 45.1 Å². The summed E-state index contributed by atoms with van der Waals surface area (Å²) in [5, 5.41) is 0. The third-order valence-electron chi connectivity index (χ3n) is 3.82. The fourth-order valence-corrected chi connectivity index (χ4v) is 2.90. The van der Waals surface area contributed by atoms with Crippen molar-refractivity contribution in [3.8, 4) is 0 Å². The van der Waals surface area contributed by atoms with Crippen LogP contribution >= 0.6 is 0 Å². The Morgan fingerprint density at radius 2 is 1.86 bits per heavy atom. The summed E-state index contributed by atoms with van der Waals surface area (Å²) in [7, 11) is 0. The van der Waals surface area contributed by atoms with Crippen LogP contribution in [0.5, 0.6) is 0 Å². The predicted octanol–water partition coefficient (Wildman–Crippen LogP) is 2.29. The van der Waals surface area contributed by atoms with E-state index in [4.69, 9.17) is 4.74 Å². The first-order chi connectivity index (χ1) is 6.86. The highest BCUT2D eigenvalue weighted by molar-refractivity contribution is 4.76. The Bertz CT molecular complexity index is 160. The molecular formula is C12H23NO. The van der Waals surface area contributed by atoms with Gasteiger partial charge in [0.05, 0.1) is 13.2 Å². The molecule has 0 amide bonds. The summed E-state index contributed by atoms with van der Waals surface area (Å²) >= 11 is 0. The molecule has 1 aliphatic carbocycles. The maximum absolute atomic E-state index is 5.38. The molecule has 2 heteroatoms. The van der Waals surface area contributed by atoms with E-state index in [2.05, 4.69) is 11.8 Å². The van der Waals surface area contributed by atoms with Crippen molar-refractivity contribution in [3.63, 3.8) is 0 Å². The second-order valence-electron chi connectivity index (χ2n) is 4.88. The van der Waals surface area contributed by atoms with Gasteiger partial charge in [-0.1, -0.05) is 25.7 Å². The van der Waals surface area contributed by atoms with Gasteiger partial charge in [-0.3, -0.25) is 4.90 Å². The maximum Gasteiger partial charge on any atom is 0.0594 e. The minimum Gasteiger partial charge on any atom is -0.379 e. The van der Waals surface area contributed by atoms with Gasteiger partial charge in [0, 0.05) is 19.1 Å². The van der Waals surface area contributed by atoms with E-state index in [0.29, 0.717) is 0 Å². The highest BCUT2D eigenvalue weighted by atomic mass is 16.5. The van der Waals surface area contributed by atoms with Crippen LogP contribution in [0.3, 0.4) is 0 Å². The summed E-state index contributed by atoms with van der Waals surface area (Å²) in [5.41, 5.74) is 0. The number of ether oxygens (including phenoxy) is 1. The lowest BCUT2D eigenvalue weighted by atomic mass is 9.98. The number of hydrogen-bond donors (Lipinski definition) is 0. The molecule has 1 heterocycles. The summed E-state index contributed by atoms with van der Waals surface area (Å²) in [6.45, 7) is 6.56. The first-order valence-corrected chi connectivity index (χ1v) is 6.18. The maximum atomic E-state index is 5.38. The molecule has 1 saturated heterocycles. The van der Waals surface area contributed by atoms with Gasteiger partial charge in [-0.25, -0.2) is 0 Å². The molecule has 2 aliphatic rings. The Labute approximate surface area is 87.6 Å². The van der Waals surface area contributed by atoms with E-state index < -0.39 is 0 Å². The molecular weight excluding hydrogens is 174 g/mol. The van der Waals surface area contributed by atoms with Gasteiger partial charge in [0.25, 0.3) is 0 Å². The van der Waals surface area contributed by atoms with Gasteiger partial charge in [-0.05, 0) is 19.3 Å². The van der Waals surface area contributed by atoms with E-state index in [0.717, 1.165) is 38.3 Å². The van der Waals surface area contributed by atoms with Gasteiger partial charge in [0.1, 0.15) is 0 Å². The molecule has 1 aliphatic heterocycles. The Balaban J connectivity index is 1.72. The lowest BCUT2D eigenvalue weighted by Crippen LogP contribution is -2.42. The molecule has 0 aromatic heterocycles. The average Bonchev–Trinajstić information content (AvgIpc) is 2.72. The molecule has 0 aromatic carbocycles. The standard InChI is InChI=1S/C12H23NO/c1-11(10-12-4-2-3-5-12)13-6-8-14-9-7-13/h11-12H,2-10H2,1H3. The average molecular weight is 197 g/mol. The van der Waals surface area contributed by atoms with Crippen molar-refractivity contribution < 1.29 is 4.74 Å². The Hall–Kier alpha value is -0.0800. The molecule has 2 rings (SSSR count). The third-order valence-corrected chi connectivity index (χ3v) is 3.82. The Morgan fingerprint density at radius 3 is 2.50 bits per heavy atom. The fraction of sp³-hybridized carbons (Fsp3) is 1.00. The van der Waals surface area contributed by atoms with Gasteiger partial charge in [0.15, 0.2) is 0 Å². The lowest BCUT2D eigenvalue weighted by Gasteiger charge is -2.33. The van der Waals surface area contributed by atoms with Crippen molar-refractivity contribution in [1.82, 2.24) is 4.90 Å². The number of nitrogens with zero attached hydrogens (tertiary/aromatic N) is 1. The Kier molecular flexibility index (Phi) is 3.82. The van der Waals surface area contributed by atoms with E-state index in [1.165, 1.54) is 32.1 Å². The zero-order valence-corrected chi connectivity index (χ0v) is 9.37. The van der Waals surface area contributed by atoms with E-state index in [-0.39, 0.29) is 0 Å². The highest BCUT2D eigenvalue weighted by Gasteiger charge is 2.22. The summed E-state index contributed by atoms with van der Waals surface area (Å²) in [6, 6.07) is 0.780. The zero-order valence-electron chi connectivity index (χ0n) is 9.37. The Morgan fingerprint density at radius 1 is 1.21 bits per heavy atom. The molecule has 0 N–H and O–H groups in total. The van der Waals surface area contributed by atoms with Crippen molar-refractivity contribution in [1.29, 1.82) is 0 Å². The molecule has 1 unspecified atom stereocenters. The van der Waals surface area contributed by atoms with Gasteiger partial charge < -0.3 is 4.74 Å². The SMILES string of the molecule is CC(CC1CCCC1)N1CCOCC1. The number of hydrogen-bond acceptors (Lipinski definition) is 2.